The van der Waals surface area contributed by atoms with Crippen LogP contribution in [0, 0.1) is 23.0 Å². The van der Waals surface area contributed by atoms with Crippen LogP contribution in [0.4, 0.5) is 8.78 Å². The predicted molar refractivity (Wildman–Crippen MR) is 68.2 cm³/mol. The molecule has 0 radical (unpaired) electrons. The maximum absolute atomic E-state index is 13.7. The Labute approximate surface area is 113 Å². The van der Waals surface area contributed by atoms with E-state index in [-0.39, 0.29) is 10.5 Å². The van der Waals surface area contributed by atoms with E-state index < -0.39 is 11.6 Å². The van der Waals surface area contributed by atoms with Crippen LogP contribution in [0.1, 0.15) is 5.56 Å². The summed E-state index contributed by atoms with van der Waals surface area (Å²) in [7, 11) is 1.52. The highest BCUT2D eigenvalue weighted by atomic mass is 32.2. The van der Waals surface area contributed by atoms with Gasteiger partial charge in [-0.25, -0.2) is 8.78 Å². The van der Waals surface area contributed by atoms with E-state index in [2.05, 4.69) is 0 Å². The van der Waals surface area contributed by atoms with Gasteiger partial charge in [0.25, 0.3) is 0 Å². The molecule has 96 valence electrons. The van der Waals surface area contributed by atoms with Gasteiger partial charge in [-0.15, -0.1) is 0 Å². The van der Waals surface area contributed by atoms with Gasteiger partial charge in [-0.2, -0.15) is 5.26 Å². The van der Waals surface area contributed by atoms with Gasteiger partial charge in [-0.05, 0) is 30.3 Å². The van der Waals surface area contributed by atoms with Crippen LogP contribution in [-0.4, -0.2) is 7.11 Å². The largest absolute Gasteiger partial charge is 0.497 e. The van der Waals surface area contributed by atoms with Crippen LogP contribution < -0.4 is 4.74 Å². The lowest BCUT2D eigenvalue weighted by molar-refractivity contribution is 0.413. The minimum absolute atomic E-state index is 0.0370. The topological polar surface area (TPSA) is 33.0 Å². The lowest BCUT2D eigenvalue weighted by atomic mass is 10.2. The summed E-state index contributed by atoms with van der Waals surface area (Å²) in [6, 6.07) is 10.6. The lowest BCUT2D eigenvalue weighted by Gasteiger charge is -2.06. The van der Waals surface area contributed by atoms with Crippen molar-refractivity contribution >= 4 is 11.8 Å². The third-order valence-electron chi connectivity index (χ3n) is 2.39. The Morgan fingerprint density at radius 1 is 1.16 bits per heavy atom. The van der Waals surface area contributed by atoms with Crippen LogP contribution in [0.25, 0.3) is 0 Å². The Balaban J connectivity index is 2.36. The monoisotopic (exact) mass is 277 g/mol. The number of hydrogen-bond acceptors (Lipinski definition) is 3. The van der Waals surface area contributed by atoms with Gasteiger partial charge in [0.15, 0.2) is 0 Å². The van der Waals surface area contributed by atoms with Crippen molar-refractivity contribution in [3.8, 4) is 11.8 Å². The third kappa shape index (κ3) is 3.04. The first-order valence-corrected chi connectivity index (χ1v) is 6.16. The molecule has 0 unspecified atom stereocenters. The summed E-state index contributed by atoms with van der Waals surface area (Å²) in [5.74, 6) is -0.881. The van der Waals surface area contributed by atoms with Crippen molar-refractivity contribution in [3.05, 3.63) is 53.6 Å². The molecule has 0 bridgehead atoms. The second kappa shape index (κ2) is 5.72. The maximum atomic E-state index is 13.7. The van der Waals surface area contributed by atoms with Crippen molar-refractivity contribution < 1.29 is 13.5 Å². The van der Waals surface area contributed by atoms with E-state index >= 15 is 0 Å². The molecule has 2 aromatic rings. The summed E-state index contributed by atoms with van der Waals surface area (Å²) in [6.45, 7) is 0. The van der Waals surface area contributed by atoms with Crippen LogP contribution in [0.5, 0.6) is 5.75 Å². The van der Waals surface area contributed by atoms with Crippen LogP contribution >= 0.6 is 11.8 Å². The molecule has 0 spiro atoms. The fraction of sp³-hybridized carbons (Fsp3) is 0.0714. The van der Waals surface area contributed by atoms with Gasteiger partial charge in [0.1, 0.15) is 17.4 Å². The molecule has 0 saturated heterocycles. The molecule has 0 aliphatic rings. The van der Waals surface area contributed by atoms with Crippen molar-refractivity contribution in [2.45, 2.75) is 9.79 Å². The zero-order valence-corrected chi connectivity index (χ0v) is 10.8. The number of methoxy groups -OCH3 is 1. The Morgan fingerprint density at radius 2 is 1.84 bits per heavy atom. The molecule has 0 heterocycles. The number of rotatable bonds is 3. The number of benzene rings is 2. The van der Waals surface area contributed by atoms with Crippen molar-refractivity contribution in [2.75, 3.05) is 7.11 Å². The van der Waals surface area contributed by atoms with Gasteiger partial charge in [0.2, 0.25) is 0 Å². The fourth-order valence-corrected chi connectivity index (χ4v) is 2.37. The summed E-state index contributed by atoms with van der Waals surface area (Å²) < 4.78 is 32.5. The standard InChI is InChI=1S/C14H9F2NOS/c1-18-10-3-2-4-11(7-10)19-14-12(15)5-9(8-17)6-13(14)16/h2-7H,1H3. The van der Waals surface area contributed by atoms with Crippen LogP contribution in [0.2, 0.25) is 0 Å². The van der Waals surface area contributed by atoms with E-state index in [1.807, 2.05) is 0 Å². The normalized spacial score (nSPS) is 10.0. The Hall–Kier alpha value is -2.06. The Morgan fingerprint density at radius 3 is 2.42 bits per heavy atom. The van der Waals surface area contributed by atoms with Crippen molar-refractivity contribution in [1.29, 1.82) is 5.26 Å². The van der Waals surface area contributed by atoms with E-state index in [0.717, 1.165) is 23.9 Å². The maximum Gasteiger partial charge on any atom is 0.141 e. The number of nitrogens with zero attached hydrogens (tertiary/aromatic N) is 1. The fourth-order valence-electron chi connectivity index (χ4n) is 1.50. The molecule has 0 aliphatic carbocycles. The Bertz CT molecular complexity index is 629. The predicted octanol–water partition coefficient (Wildman–Crippen LogP) is 4.00. The molecular formula is C14H9F2NOS. The highest BCUT2D eigenvalue weighted by molar-refractivity contribution is 7.99. The van der Waals surface area contributed by atoms with E-state index in [9.17, 15) is 8.78 Å². The minimum atomic E-state index is -0.746. The van der Waals surface area contributed by atoms with Gasteiger partial charge < -0.3 is 4.74 Å². The quantitative estimate of drug-likeness (QED) is 0.850. The molecule has 0 fully saturated rings. The van der Waals surface area contributed by atoms with Crippen molar-refractivity contribution in [3.63, 3.8) is 0 Å². The number of nitriles is 1. The van der Waals surface area contributed by atoms with Crippen LogP contribution in [0.15, 0.2) is 46.2 Å². The molecule has 19 heavy (non-hydrogen) atoms. The molecule has 2 nitrogen and oxygen atoms in total. The molecule has 2 aromatic carbocycles. The average Bonchev–Trinajstić information content (AvgIpc) is 2.42. The first-order chi connectivity index (χ1) is 9.13. The zero-order chi connectivity index (χ0) is 13.8. The summed E-state index contributed by atoms with van der Waals surface area (Å²) in [5.41, 5.74) is -0.0370. The molecule has 0 saturated carbocycles. The van der Waals surface area contributed by atoms with Crippen molar-refractivity contribution in [2.24, 2.45) is 0 Å². The average molecular weight is 277 g/mol. The van der Waals surface area contributed by atoms with E-state index in [1.165, 1.54) is 7.11 Å². The molecule has 0 aromatic heterocycles. The molecule has 0 amide bonds. The molecule has 0 atom stereocenters. The van der Waals surface area contributed by atoms with E-state index in [1.54, 1.807) is 30.3 Å². The SMILES string of the molecule is COc1cccc(Sc2c(F)cc(C#N)cc2F)c1. The van der Waals surface area contributed by atoms with Crippen molar-refractivity contribution in [1.82, 2.24) is 0 Å². The number of ether oxygens (including phenoxy) is 1. The van der Waals surface area contributed by atoms with Crippen LogP contribution in [0.3, 0.4) is 0 Å². The molecule has 2 rings (SSSR count). The summed E-state index contributed by atoms with van der Waals surface area (Å²) >= 11 is 0.950. The van der Waals surface area contributed by atoms with Crippen LogP contribution in [-0.2, 0) is 0 Å². The second-order valence-corrected chi connectivity index (χ2v) is 4.75. The first-order valence-electron chi connectivity index (χ1n) is 5.35. The second-order valence-electron chi connectivity index (χ2n) is 3.66. The highest BCUT2D eigenvalue weighted by Crippen LogP contribution is 2.34. The summed E-state index contributed by atoms with van der Waals surface area (Å²) in [6.07, 6.45) is 0. The minimum Gasteiger partial charge on any atom is -0.497 e. The Kier molecular flexibility index (Phi) is 4.03. The number of hydrogen-bond donors (Lipinski definition) is 0. The molecule has 5 heteroatoms. The van der Waals surface area contributed by atoms with Gasteiger partial charge in [-0.1, -0.05) is 17.8 Å². The molecule has 0 aliphatic heterocycles. The first kappa shape index (κ1) is 13.4. The summed E-state index contributed by atoms with van der Waals surface area (Å²) in [5, 5.41) is 8.63. The van der Waals surface area contributed by atoms with Gasteiger partial charge in [0.05, 0.1) is 23.6 Å². The van der Waals surface area contributed by atoms with E-state index in [4.69, 9.17) is 10.00 Å². The number of halogens is 2. The van der Waals surface area contributed by atoms with E-state index in [0.29, 0.717) is 10.6 Å². The van der Waals surface area contributed by atoms with Gasteiger partial charge in [0, 0.05) is 4.90 Å². The van der Waals surface area contributed by atoms with Gasteiger partial charge >= 0.3 is 0 Å². The molecule has 0 N–H and O–H groups in total. The zero-order valence-electron chi connectivity index (χ0n) is 9.98. The third-order valence-corrected chi connectivity index (χ3v) is 3.47. The molecular weight excluding hydrogens is 268 g/mol. The highest BCUT2D eigenvalue weighted by Gasteiger charge is 2.13. The smallest absolute Gasteiger partial charge is 0.141 e. The van der Waals surface area contributed by atoms with Gasteiger partial charge in [-0.3, -0.25) is 0 Å². The lowest BCUT2D eigenvalue weighted by Crippen LogP contribution is -1.90. The summed E-state index contributed by atoms with van der Waals surface area (Å²) in [4.78, 5) is 0.522.